The average molecular weight is 322 g/mol. The van der Waals surface area contributed by atoms with Crippen LogP contribution in [0.1, 0.15) is 85.5 Å². The molecule has 0 saturated carbocycles. The van der Waals surface area contributed by atoms with Crippen LogP contribution in [0.5, 0.6) is 0 Å². The monoisotopic (exact) mass is 322 g/mol. The summed E-state index contributed by atoms with van der Waals surface area (Å²) in [5.41, 5.74) is 0. The summed E-state index contributed by atoms with van der Waals surface area (Å²) in [5, 5.41) is 0. The maximum atomic E-state index is 11.2. The Hall–Kier alpha value is 0.110. The van der Waals surface area contributed by atoms with Crippen LogP contribution in [0, 0.1) is 11.8 Å². The normalized spacial score (nSPS) is 15.4. The van der Waals surface area contributed by atoms with Gasteiger partial charge in [-0.3, -0.25) is 4.52 Å². The molecule has 2 unspecified atom stereocenters. The van der Waals surface area contributed by atoms with Crippen molar-refractivity contribution in [1.82, 2.24) is 0 Å². The lowest BCUT2D eigenvalue weighted by Crippen LogP contribution is -2.28. The van der Waals surface area contributed by atoms with E-state index < -0.39 is 7.82 Å². The van der Waals surface area contributed by atoms with Gasteiger partial charge in [0.25, 0.3) is 0 Å². The SMILES string of the molecule is CCCCCCCC(CCCC)C(OP(=O)(O)O)C(C)C. The van der Waals surface area contributed by atoms with Crippen molar-refractivity contribution in [3.63, 3.8) is 0 Å². The van der Waals surface area contributed by atoms with Gasteiger partial charge in [0.1, 0.15) is 0 Å². The van der Waals surface area contributed by atoms with Gasteiger partial charge in [-0.25, -0.2) is 4.57 Å². The zero-order chi connectivity index (χ0) is 16.3. The number of hydrogen-bond donors (Lipinski definition) is 2. The third-order valence-electron chi connectivity index (χ3n) is 3.99. The Morgan fingerprint density at radius 2 is 1.43 bits per heavy atom. The van der Waals surface area contributed by atoms with Crippen molar-refractivity contribution in [2.75, 3.05) is 0 Å². The quantitative estimate of drug-likeness (QED) is 0.357. The Bertz CT molecular complexity index is 288. The van der Waals surface area contributed by atoms with Crippen LogP contribution in [-0.4, -0.2) is 15.9 Å². The summed E-state index contributed by atoms with van der Waals surface area (Å²) in [7, 11) is -4.41. The van der Waals surface area contributed by atoms with Crippen molar-refractivity contribution in [1.29, 1.82) is 0 Å². The summed E-state index contributed by atoms with van der Waals surface area (Å²) in [6.07, 6.45) is 9.94. The molecule has 0 fully saturated rings. The lowest BCUT2D eigenvalue weighted by atomic mass is 9.85. The summed E-state index contributed by atoms with van der Waals surface area (Å²) < 4.78 is 16.3. The van der Waals surface area contributed by atoms with E-state index in [1.807, 2.05) is 13.8 Å². The van der Waals surface area contributed by atoms with Gasteiger partial charge in [0.2, 0.25) is 0 Å². The Morgan fingerprint density at radius 3 is 1.90 bits per heavy atom. The zero-order valence-corrected chi connectivity index (χ0v) is 15.1. The molecule has 0 aliphatic heterocycles. The number of hydrogen-bond acceptors (Lipinski definition) is 2. The van der Waals surface area contributed by atoms with Gasteiger partial charge in [0.05, 0.1) is 6.10 Å². The van der Waals surface area contributed by atoms with Crippen LogP contribution >= 0.6 is 7.82 Å². The molecular formula is C16H35O4P. The molecule has 21 heavy (non-hydrogen) atoms. The molecule has 0 saturated heterocycles. The fourth-order valence-corrected chi connectivity index (χ4v) is 3.59. The van der Waals surface area contributed by atoms with Gasteiger partial charge in [-0.2, -0.15) is 0 Å². The van der Waals surface area contributed by atoms with E-state index in [4.69, 9.17) is 14.3 Å². The number of rotatable bonds is 13. The van der Waals surface area contributed by atoms with E-state index in [1.165, 1.54) is 25.7 Å². The third kappa shape index (κ3) is 11.3. The topological polar surface area (TPSA) is 66.8 Å². The lowest BCUT2D eigenvalue weighted by molar-refractivity contribution is 0.0453. The van der Waals surface area contributed by atoms with Gasteiger partial charge in [0.15, 0.2) is 0 Å². The van der Waals surface area contributed by atoms with E-state index >= 15 is 0 Å². The summed E-state index contributed by atoms with van der Waals surface area (Å²) in [5.74, 6) is 0.370. The molecule has 0 radical (unpaired) electrons. The van der Waals surface area contributed by atoms with Gasteiger partial charge in [-0.05, 0) is 24.7 Å². The van der Waals surface area contributed by atoms with Gasteiger partial charge in [-0.15, -0.1) is 0 Å². The van der Waals surface area contributed by atoms with Gasteiger partial charge in [0, 0.05) is 0 Å². The molecule has 5 heteroatoms. The summed E-state index contributed by atoms with van der Waals surface area (Å²) in [6.45, 7) is 8.31. The molecule has 0 aliphatic rings. The van der Waals surface area contributed by atoms with E-state index in [-0.39, 0.29) is 17.9 Å². The molecule has 0 aromatic rings. The van der Waals surface area contributed by atoms with Crippen molar-refractivity contribution in [2.24, 2.45) is 11.8 Å². The van der Waals surface area contributed by atoms with E-state index in [0.29, 0.717) is 0 Å². The van der Waals surface area contributed by atoms with Crippen LogP contribution in [0.15, 0.2) is 0 Å². The number of phosphoric acid groups is 1. The van der Waals surface area contributed by atoms with Gasteiger partial charge >= 0.3 is 7.82 Å². The first-order chi connectivity index (χ1) is 9.81. The Kier molecular flexibility index (Phi) is 11.7. The van der Waals surface area contributed by atoms with Crippen LogP contribution in [0.25, 0.3) is 0 Å². The highest BCUT2D eigenvalue weighted by Crippen LogP contribution is 2.42. The highest BCUT2D eigenvalue weighted by molar-refractivity contribution is 7.46. The van der Waals surface area contributed by atoms with Crippen LogP contribution in [0.3, 0.4) is 0 Å². The minimum absolute atomic E-state index is 0.120. The minimum atomic E-state index is -4.41. The smallest absolute Gasteiger partial charge is 0.303 e. The Balaban J connectivity index is 4.53. The Labute approximate surface area is 130 Å². The Morgan fingerprint density at radius 1 is 0.905 bits per heavy atom. The van der Waals surface area contributed by atoms with Crippen molar-refractivity contribution in [2.45, 2.75) is 91.6 Å². The highest BCUT2D eigenvalue weighted by atomic mass is 31.2. The molecule has 128 valence electrons. The molecule has 0 aromatic carbocycles. The standard InChI is InChI=1S/C16H35O4P/c1-5-7-9-10-11-13-15(12-8-6-2)16(14(3)4)20-21(17,18)19/h14-16H,5-13H2,1-4H3,(H2,17,18,19). The molecule has 0 heterocycles. The van der Waals surface area contributed by atoms with Gasteiger partial charge in [-0.1, -0.05) is 72.6 Å². The molecule has 0 spiro atoms. The van der Waals surface area contributed by atoms with Crippen molar-refractivity contribution >= 4 is 7.82 Å². The molecule has 0 amide bonds. The van der Waals surface area contributed by atoms with E-state index in [2.05, 4.69) is 13.8 Å². The number of phosphoric ester groups is 1. The summed E-state index contributed by atoms with van der Waals surface area (Å²) in [4.78, 5) is 18.3. The largest absolute Gasteiger partial charge is 0.469 e. The van der Waals surface area contributed by atoms with E-state index in [9.17, 15) is 4.57 Å². The maximum Gasteiger partial charge on any atom is 0.469 e. The molecule has 0 bridgehead atoms. The van der Waals surface area contributed by atoms with Crippen LogP contribution in [-0.2, 0) is 9.09 Å². The lowest BCUT2D eigenvalue weighted by Gasteiger charge is -2.30. The van der Waals surface area contributed by atoms with Gasteiger partial charge < -0.3 is 9.79 Å². The minimum Gasteiger partial charge on any atom is -0.303 e. The van der Waals surface area contributed by atoms with Crippen LogP contribution in [0.4, 0.5) is 0 Å². The maximum absolute atomic E-state index is 11.2. The average Bonchev–Trinajstić information content (AvgIpc) is 2.38. The molecule has 0 aliphatic carbocycles. The summed E-state index contributed by atoms with van der Waals surface area (Å²) >= 11 is 0. The molecule has 0 aromatic heterocycles. The first-order valence-corrected chi connectivity index (χ1v) is 10.1. The molecular weight excluding hydrogens is 287 g/mol. The van der Waals surface area contributed by atoms with Crippen LogP contribution < -0.4 is 0 Å². The van der Waals surface area contributed by atoms with E-state index in [1.54, 1.807) is 0 Å². The predicted octanol–water partition coefficient (Wildman–Crippen LogP) is 5.29. The van der Waals surface area contributed by atoms with E-state index in [0.717, 1.165) is 32.1 Å². The fraction of sp³-hybridized carbons (Fsp3) is 1.00. The fourth-order valence-electron chi connectivity index (χ4n) is 2.86. The molecule has 0 rings (SSSR count). The molecule has 4 nitrogen and oxygen atoms in total. The van der Waals surface area contributed by atoms with Crippen LogP contribution in [0.2, 0.25) is 0 Å². The zero-order valence-electron chi connectivity index (χ0n) is 14.3. The first-order valence-electron chi connectivity index (χ1n) is 8.55. The van der Waals surface area contributed by atoms with Crippen molar-refractivity contribution < 1.29 is 18.9 Å². The second-order valence-corrected chi connectivity index (χ2v) is 7.60. The first kappa shape index (κ1) is 21.1. The third-order valence-corrected chi connectivity index (χ3v) is 4.51. The predicted molar refractivity (Wildman–Crippen MR) is 88.1 cm³/mol. The van der Waals surface area contributed by atoms with Crippen molar-refractivity contribution in [3.8, 4) is 0 Å². The number of unbranched alkanes of at least 4 members (excludes halogenated alkanes) is 5. The second-order valence-electron chi connectivity index (χ2n) is 6.41. The molecule has 2 N–H and O–H groups in total. The van der Waals surface area contributed by atoms with Crippen molar-refractivity contribution in [3.05, 3.63) is 0 Å². The molecule has 2 atom stereocenters. The summed E-state index contributed by atoms with van der Waals surface area (Å²) in [6, 6.07) is 0. The highest BCUT2D eigenvalue weighted by Gasteiger charge is 2.31. The second kappa shape index (κ2) is 11.6.